The number of rotatable bonds is 10. The molecule has 224 valence electrons. The number of nitrogens with zero attached hydrogens (tertiary/aromatic N) is 2. The van der Waals surface area contributed by atoms with Crippen LogP contribution in [0, 0.1) is 27.7 Å². The number of aryl methyl sites for hydroxylation is 4. The quantitative estimate of drug-likeness (QED) is 0.315. The zero-order valence-electron chi connectivity index (χ0n) is 25.4. The number of benzene rings is 3. The summed E-state index contributed by atoms with van der Waals surface area (Å²) in [5.74, 6) is -0.667. The summed E-state index contributed by atoms with van der Waals surface area (Å²) in [5.41, 5.74) is 5.06. The number of anilines is 1. The van der Waals surface area contributed by atoms with Crippen LogP contribution in [0.1, 0.15) is 66.8 Å². The van der Waals surface area contributed by atoms with Gasteiger partial charge in [0.05, 0.1) is 10.6 Å². The molecule has 1 N–H and O–H groups in total. The highest BCUT2D eigenvalue weighted by atomic mass is 32.2. The molecule has 0 spiro atoms. The van der Waals surface area contributed by atoms with Crippen LogP contribution in [0.25, 0.3) is 0 Å². The molecule has 0 heterocycles. The van der Waals surface area contributed by atoms with Gasteiger partial charge in [0, 0.05) is 12.6 Å². The molecule has 8 heteroatoms. The Labute approximate surface area is 251 Å². The molecular formula is C34H43N3O4S. The number of carbonyl (C=O) groups is 2. The molecule has 1 aliphatic carbocycles. The van der Waals surface area contributed by atoms with E-state index in [4.69, 9.17) is 0 Å². The van der Waals surface area contributed by atoms with Gasteiger partial charge in [-0.15, -0.1) is 0 Å². The van der Waals surface area contributed by atoms with E-state index >= 15 is 0 Å². The van der Waals surface area contributed by atoms with Crippen LogP contribution in [0.2, 0.25) is 0 Å². The van der Waals surface area contributed by atoms with Gasteiger partial charge in [0.1, 0.15) is 12.6 Å². The predicted molar refractivity (Wildman–Crippen MR) is 168 cm³/mol. The van der Waals surface area contributed by atoms with Crippen molar-refractivity contribution >= 4 is 27.5 Å². The summed E-state index contributed by atoms with van der Waals surface area (Å²) >= 11 is 0. The number of carbonyl (C=O) groups excluding carboxylic acids is 2. The molecular weight excluding hydrogens is 546 g/mol. The fourth-order valence-electron chi connectivity index (χ4n) is 5.48. The number of hydrogen-bond acceptors (Lipinski definition) is 4. The Bertz CT molecular complexity index is 1490. The van der Waals surface area contributed by atoms with Gasteiger partial charge < -0.3 is 10.2 Å². The molecule has 0 radical (unpaired) electrons. The molecule has 0 aromatic heterocycles. The third-order valence-electron chi connectivity index (χ3n) is 8.10. The van der Waals surface area contributed by atoms with E-state index in [-0.39, 0.29) is 23.4 Å². The van der Waals surface area contributed by atoms with Crippen molar-refractivity contribution in [3.63, 3.8) is 0 Å². The Morgan fingerprint density at radius 3 is 2.00 bits per heavy atom. The monoisotopic (exact) mass is 589 g/mol. The second-order valence-corrected chi connectivity index (χ2v) is 13.5. The molecule has 1 fully saturated rings. The van der Waals surface area contributed by atoms with E-state index in [1.54, 1.807) is 37.3 Å². The first-order chi connectivity index (χ1) is 20.0. The van der Waals surface area contributed by atoms with Gasteiger partial charge in [-0.1, -0.05) is 84.5 Å². The van der Waals surface area contributed by atoms with E-state index in [0.717, 1.165) is 53.5 Å². The van der Waals surface area contributed by atoms with Crippen molar-refractivity contribution in [2.45, 2.75) is 90.2 Å². The Morgan fingerprint density at radius 1 is 0.833 bits per heavy atom. The fourth-order valence-corrected chi connectivity index (χ4v) is 6.96. The molecule has 3 aromatic rings. The number of nitrogens with one attached hydrogen (secondary N) is 1. The third-order valence-corrected chi connectivity index (χ3v) is 9.88. The lowest BCUT2D eigenvalue weighted by Gasteiger charge is -2.33. The Kier molecular flexibility index (Phi) is 10.1. The minimum absolute atomic E-state index is 0.0960. The van der Waals surface area contributed by atoms with Crippen LogP contribution >= 0.6 is 0 Å². The van der Waals surface area contributed by atoms with E-state index in [9.17, 15) is 18.0 Å². The molecule has 7 nitrogen and oxygen atoms in total. The van der Waals surface area contributed by atoms with Crippen molar-refractivity contribution in [1.82, 2.24) is 10.2 Å². The Balaban J connectivity index is 1.69. The van der Waals surface area contributed by atoms with E-state index in [2.05, 4.69) is 5.32 Å². The highest BCUT2D eigenvalue weighted by molar-refractivity contribution is 7.92. The zero-order valence-corrected chi connectivity index (χ0v) is 26.2. The van der Waals surface area contributed by atoms with Crippen molar-refractivity contribution in [3.05, 3.63) is 94.5 Å². The van der Waals surface area contributed by atoms with Crippen LogP contribution in [-0.2, 0) is 26.2 Å². The summed E-state index contributed by atoms with van der Waals surface area (Å²) < 4.78 is 29.3. The maximum atomic E-state index is 14.2. The van der Waals surface area contributed by atoms with Crippen molar-refractivity contribution in [1.29, 1.82) is 0 Å². The van der Waals surface area contributed by atoms with E-state index < -0.39 is 28.5 Å². The number of amides is 2. The van der Waals surface area contributed by atoms with Crippen molar-refractivity contribution < 1.29 is 18.0 Å². The highest BCUT2D eigenvalue weighted by Gasteiger charge is 2.33. The predicted octanol–water partition coefficient (Wildman–Crippen LogP) is 5.98. The van der Waals surface area contributed by atoms with Crippen LogP contribution in [0.5, 0.6) is 0 Å². The SMILES string of the molecule is Cc1ccc(CN(C(=O)CN(c2ccc(C)cc2C)S(=O)(=O)c2ccc(C)cc2)[C@@H](C)C(=O)NC2CCCCC2)cc1. The molecule has 42 heavy (non-hydrogen) atoms. The van der Waals surface area contributed by atoms with E-state index in [1.807, 2.05) is 64.1 Å². The van der Waals surface area contributed by atoms with Crippen LogP contribution < -0.4 is 9.62 Å². The Hall–Kier alpha value is -3.65. The second-order valence-electron chi connectivity index (χ2n) is 11.6. The van der Waals surface area contributed by atoms with Crippen molar-refractivity contribution in [2.24, 2.45) is 0 Å². The van der Waals surface area contributed by atoms with Crippen molar-refractivity contribution in [2.75, 3.05) is 10.8 Å². The summed E-state index contributed by atoms with van der Waals surface area (Å²) in [6.45, 7) is 9.14. The summed E-state index contributed by atoms with van der Waals surface area (Å²) in [6, 6.07) is 19.2. The van der Waals surface area contributed by atoms with Crippen LogP contribution in [0.3, 0.4) is 0 Å². The van der Waals surface area contributed by atoms with Gasteiger partial charge in [0.25, 0.3) is 10.0 Å². The minimum atomic E-state index is -4.10. The molecule has 3 aromatic carbocycles. The smallest absolute Gasteiger partial charge is 0.264 e. The first kappa shape index (κ1) is 31.3. The summed E-state index contributed by atoms with van der Waals surface area (Å²) in [7, 11) is -4.10. The first-order valence-corrected chi connectivity index (χ1v) is 16.2. The summed E-state index contributed by atoms with van der Waals surface area (Å²) in [5, 5.41) is 3.15. The van der Waals surface area contributed by atoms with E-state index in [0.29, 0.717) is 5.69 Å². The van der Waals surface area contributed by atoms with Gasteiger partial charge in [0.15, 0.2) is 0 Å². The number of sulfonamides is 1. The lowest BCUT2D eigenvalue weighted by atomic mass is 9.95. The molecule has 4 rings (SSSR count). The maximum Gasteiger partial charge on any atom is 0.264 e. The zero-order chi connectivity index (χ0) is 30.4. The number of hydrogen-bond donors (Lipinski definition) is 1. The standard InChI is InChI=1S/C34H43N3O4S/c1-24-11-16-29(17-12-24)22-36(28(5)34(39)35-30-9-7-6-8-10-30)33(38)23-37(32-20-15-26(3)21-27(32)4)42(40,41)31-18-13-25(2)14-19-31/h11-21,28,30H,6-10,22-23H2,1-5H3,(H,35,39)/t28-/m0/s1. The third kappa shape index (κ3) is 7.59. The largest absolute Gasteiger partial charge is 0.352 e. The lowest BCUT2D eigenvalue weighted by Crippen LogP contribution is -2.53. The molecule has 0 bridgehead atoms. The van der Waals surface area contributed by atoms with Gasteiger partial charge in [-0.3, -0.25) is 13.9 Å². The van der Waals surface area contributed by atoms with Gasteiger partial charge in [0.2, 0.25) is 11.8 Å². The molecule has 0 saturated heterocycles. The lowest BCUT2D eigenvalue weighted by molar-refractivity contribution is -0.139. The second kappa shape index (κ2) is 13.6. The van der Waals surface area contributed by atoms with E-state index in [1.165, 1.54) is 15.6 Å². The first-order valence-electron chi connectivity index (χ1n) is 14.8. The van der Waals surface area contributed by atoms with Crippen LogP contribution in [-0.4, -0.2) is 43.8 Å². The molecule has 0 unspecified atom stereocenters. The summed E-state index contributed by atoms with van der Waals surface area (Å²) in [4.78, 5) is 29.3. The average molecular weight is 590 g/mol. The van der Waals surface area contributed by atoms with Crippen molar-refractivity contribution in [3.8, 4) is 0 Å². The van der Waals surface area contributed by atoms with Gasteiger partial charge >= 0.3 is 0 Å². The van der Waals surface area contributed by atoms with Crippen LogP contribution in [0.15, 0.2) is 71.6 Å². The summed E-state index contributed by atoms with van der Waals surface area (Å²) in [6.07, 6.45) is 5.18. The normalized spacial score (nSPS) is 14.7. The molecule has 1 atom stereocenters. The van der Waals surface area contributed by atoms with Gasteiger partial charge in [-0.2, -0.15) is 0 Å². The fraction of sp³-hybridized carbons (Fsp3) is 0.412. The molecule has 1 aliphatic rings. The minimum Gasteiger partial charge on any atom is -0.352 e. The Morgan fingerprint density at radius 2 is 1.40 bits per heavy atom. The maximum absolute atomic E-state index is 14.2. The van der Waals surface area contributed by atoms with Crippen LogP contribution in [0.4, 0.5) is 5.69 Å². The molecule has 0 aliphatic heterocycles. The molecule has 2 amide bonds. The average Bonchev–Trinajstić information content (AvgIpc) is 2.96. The van der Waals surface area contributed by atoms with Gasteiger partial charge in [-0.05, 0) is 76.8 Å². The van der Waals surface area contributed by atoms with Gasteiger partial charge in [-0.25, -0.2) is 8.42 Å². The topological polar surface area (TPSA) is 86.8 Å². The molecule has 1 saturated carbocycles. The highest BCUT2D eigenvalue weighted by Crippen LogP contribution is 2.28.